The van der Waals surface area contributed by atoms with Crippen LogP contribution in [-0.4, -0.2) is 110 Å². The second kappa shape index (κ2) is 17.4. The molecule has 64 heavy (non-hydrogen) atoms. The number of benzene rings is 2. The molecule has 2 bridgehead atoms. The van der Waals surface area contributed by atoms with Crippen molar-refractivity contribution in [2.75, 3.05) is 34.4 Å². The van der Waals surface area contributed by atoms with Crippen LogP contribution >= 0.6 is 0 Å². The standard InChI is InChI=1S/C48H58N10O6/c1-25(2)41(54-47(61)63-6)45(59)57-20-8-10-37(57)43-50-24-34(53-43)28-13-16-31(49-23-28)30-15-14-29(39-35-18-19-36(40(30)39)56(35)5)27-12-17-32-33(22-27)52-44(51-32)38-11-9-21-58(38)46(60)42(26(3)4)55-48(62)64-7/h12-17,22-26,35-38,41-42H,8-11,18-21H2,1-7H3,(H,50,53)(H,51,52)(H,54,61)(H,55,62)/t35?,36?,37?,38-,41-,42-/m0/s1. The Hall–Kier alpha value is -6.29. The summed E-state index contributed by atoms with van der Waals surface area (Å²) in [4.78, 5) is 79.6. The summed E-state index contributed by atoms with van der Waals surface area (Å²) in [6.07, 6.45) is 7.86. The van der Waals surface area contributed by atoms with Crippen molar-refractivity contribution in [3.8, 4) is 33.6 Å². The van der Waals surface area contributed by atoms with Crippen LogP contribution in [0.3, 0.4) is 0 Å². The number of alkyl carbamates (subject to hydrolysis) is 2. The highest BCUT2D eigenvalue weighted by atomic mass is 16.5. The number of aromatic nitrogens is 5. The smallest absolute Gasteiger partial charge is 0.407 e. The third-order valence-electron chi connectivity index (χ3n) is 13.9. The molecule has 3 saturated heterocycles. The summed E-state index contributed by atoms with van der Waals surface area (Å²) in [5, 5.41) is 5.45. The van der Waals surface area contributed by atoms with Crippen LogP contribution in [0.25, 0.3) is 44.7 Å². The van der Waals surface area contributed by atoms with Crippen LogP contribution in [0.1, 0.15) is 113 Å². The van der Waals surface area contributed by atoms with E-state index >= 15 is 0 Å². The van der Waals surface area contributed by atoms with Gasteiger partial charge >= 0.3 is 12.2 Å². The van der Waals surface area contributed by atoms with Gasteiger partial charge in [0.1, 0.15) is 23.7 Å². The molecule has 0 saturated carbocycles. The van der Waals surface area contributed by atoms with Gasteiger partial charge in [-0.3, -0.25) is 19.5 Å². The third kappa shape index (κ3) is 7.64. The van der Waals surface area contributed by atoms with E-state index < -0.39 is 24.3 Å². The van der Waals surface area contributed by atoms with Crippen molar-refractivity contribution < 1.29 is 28.7 Å². The number of ether oxygens (including phenoxy) is 2. The van der Waals surface area contributed by atoms with Gasteiger partial charge < -0.3 is 39.9 Å². The number of hydrogen-bond donors (Lipinski definition) is 4. The first-order valence-corrected chi connectivity index (χ1v) is 22.6. The Morgan fingerprint density at radius 1 is 0.672 bits per heavy atom. The summed E-state index contributed by atoms with van der Waals surface area (Å²) in [5.41, 5.74) is 10.5. The van der Waals surface area contributed by atoms with Crippen LogP contribution < -0.4 is 10.6 Å². The van der Waals surface area contributed by atoms with E-state index in [0.29, 0.717) is 31.0 Å². The van der Waals surface area contributed by atoms with E-state index in [9.17, 15) is 19.2 Å². The van der Waals surface area contributed by atoms with E-state index in [-0.39, 0.29) is 35.7 Å². The van der Waals surface area contributed by atoms with Gasteiger partial charge in [-0.2, -0.15) is 0 Å². The number of aromatic amines is 2. The van der Waals surface area contributed by atoms with Crippen molar-refractivity contribution in [2.24, 2.45) is 11.8 Å². The number of H-pyrrole nitrogens is 2. The Morgan fingerprint density at radius 3 is 1.83 bits per heavy atom. The SMILES string of the molecule is COC(=O)N[C@H](C(=O)N1CCCC1c1ncc(-c2ccc(-c3ccc(-c4ccc5nc([C@@H]6CCCN6C(=O)[C@@H](NC(=O)OC)C(C)C)[nH]c5c4)c4c3C3CCC4N3C)nc2)[nH]1)C(C)C. The monoisotopic (exact) mass is 870 g/mol. The second-order valence-electron chi connectivity index (χ2n) is 18.3. The van der Waals surface area contributed by atoms with Crippen LogP contribution in [0.15, 0.2) is 54.9 Å². The van der Waals surface area contributed by atoms with Gasteiger partial charge in [0.2, 0.25) is 11.8 Å². The number of imidazole rings is 2. The lowest BCUT2D eigenvalue weighted by Crippen LogP contribution is -2.51. The topological polar surface area (TPSA) is 191 Å². The molecule has 0 spiro atoms. The van der Waals surface area contributed by atoms with E-state index in [2.05, 4.69) is 75.0 Å². The van der Waals surface area contributed by atoms with Gasteiger partial charge in [0, 0.05) is 42.5 Å². The molecule has 9 rings (SSSR count). The molecule has 4 aliphatic heterocycles. The van der Waals surface area contributed by atoms with Crippen LogP contribution in [0.2, 0.25) is 0 Å². The number of carbonyl (C=O) groups is 4. The molecule has 3 fully saturated rings. The quantitative estimate of drug-likeness (QED) is 0.103. The Kier molecular flexibility index (Phi) is 11.7. The summed E-state index contributed by atoms with van der Waals surface area (Å²) in [6.45, 7) is 8.82. The summed E-state index contributed by atoms with van der Waals surface area (Å²) >= 11 is 0. The zero-order valence-corrected chi connectivity index (χ0v) is 37.6. The average molecular weight is 871 g/mol. The number of carbonyl (C=O) groups excluding carboxylic acids is 4. The maximum Gasteiger partial charge on any atom is 0.407 e. The van der Waals surface area contributed by atoms with Gasteiger partial charge in [-0.15, -0.1) is 0 Å². The Morgan fingerprint density at radius 2 is 1.25 bits per heavy atom. The molecular weight excluding hydrogens is 813 g/mol. The maximum absolute atomic E-state index is 13.8. The molecule has 336 valence electrons. The number of amides is 4. The fourth-order valence-electron chi connectivity index (χ4n) is 10.6. The van der Waals surface area contributed by atoms with Crippen molar-refractivity contribution in [1.82, 2.24) is 50.3 Å². The number of likely N-dealkylation sites (tertiary alicyclic amines) is 2. The van der Waals surface area contributed by atoms with Gasteiger partial charge in [0.25, 0.3) is 0 Å². The van der Waals surface area contributed by atoms with Crippen LogP contribution in [-0.2, 0) is 19.1 Å². The minimum absolute atomic E-state index is 0.113. The van der Waals surface area contributed by atoms with Crippen molar-refractivity contribution in [3.63, 3.8) is 0 Å². The number of pyridine rings is 1. The zero-order chi connectivity index (χ0) is 45.0. The van der Waals surface area contributed by atoms with Crippen molar-refractivity contribution in [2.45, 2.75) is 102 Å². The first kappa shape index (κ1) is 43.0. The number of rotatable bonds is 11. The molecular formula is C48H58N10O6. The molecule has 7 heterocycles. The number of hydrogen-bond acceptors (Lipinski definition) is 10. The van der Waals surface area contributed by atoms with Gasteiger partial charge in [0.15, 0.2) is 0 Å². The average Bonchev–Trinajstić information content (AvgIpc) is 4.17. The lowest BCUT2D eigenvalue weighted by atomic mass is 9.82. The highest BCUT2D eigenvalue weighted by Gasteiger charge is 2.45. The molecule has 16 heteroatoms. The lowest BCUT2D eigenvalue weighted by Gasteiger charge is -2.30. The molecule has 0 aliphatic carbocycles. The molecule has 6 atom stereocenters. The minimum atomic E-state index is -0.699. The van der Waals surface area contributed by atoms with Crippen LogP contribution in [0.5, 0.6) is 0 Å². The molecule has 0 radical (unpaired) electrons. The van der Waals surface area contributed by atoms with Gasteiger partial charge in [0.05, 0.1) is 54.9 Å². The van der Waals surface area contributed by atoms with Crippen molar-refractivity contribution in [1.29, 1.82) is 0 Å². The number of nitrogens with one attached hydrogen (secondary N) is 4. The van der Waals surface area contributed by atoms with Crippen molar-refractivity contribution >= 4 is 35.0 Å². The predicted molar refractivity (Wildman–Crippen MR) is 241 cm³/mol. The summed E-state index contributed by atoms with van der Waals surface area (Å²) < 4.78 is 9.61. The summed E-state index contributed by atoms with van der Waals surface area (Å²) in [7, 11) is 4.82. The van der Waals surface area contributed by atoms with E-state index in [1.807, 2.05) is 43.7 Å². The second-order valence-corrected chi connectivity index (χ2v) is 18.3. The third-order valence-corrected chi connectivity index (χ3v) is 13.9. The van der Waals surface area contributed by atoms with Crippen LogP contribution in [0, 0.1) is 11.8 Å². The Balaban J connectivity index is 0.962. The molecule has 3 unspecified atom stereocenters. The highest BCUT2D eigenvalue weighted by molar-refractivity contribution is 5.88. The molecule has 16 nitrogen and oxygen atoms in total. The first-order chi connectivity index (χ1) is 30.9. The fourth-order valence-corrected chi connectivity index (χ4v) is 10.6. The zero-order valence-electron chi connectivity index (χ0n) is 37.6. The molecule has 2 aromatic carbocycles. The summed E-state index contributed by atoms with van der Waals surface area (Å²) in [6, 6.07) is 13.7. The van der Waals surface area contributed by atoms with E-state index in [1.165, 1.54) is 30.9 Å². The number of fused-ring (bicyclic) bond motifs is 6. The Labute approximate surface area is 372 Å². The molecule has 5 aromatic rings. The van der Waals surface area contributed by atoms with Crippen LogP contribution in [0.4, 0.5) is 9.59 Å². The Bertz CT molecular complexity index is 2580. The molecule has 4 aliphatic rings. The van der Waals surface area contributed by atoms with E-state index in [4.69, 9.17) is 24.4 Å². The number of nitrogens with zero attached hydrogens (tertiary/aromatic N) is 6. The molecule has 4 N–H and O–H groups in total. The van der Waals surface area contributed by atoms with Gasteiger partial charge in [-0.1, -0.05) is 45.9 Å². The largest absolute Gasteiger partial charge is 0.453 e. The van der Waals surface area contributed by atoms with Gasteiger partial charge in [-0.05, 0) is 104 Å². The molecule has 4 amide bonds. The fraction of sp³-hybridized carbons (Fsp3) is 0.479. The van der Waals surface area contributed by atoms with E-state index in [0.717, 1.165) is 83.5 Å². The van der Waals surface area contributed by atoms with E-state index in [1.54, 1.807) is 6.20 Å². The van der Waals surface area contributed by atoms with Gasteiger partial charge in [-0.25, -0.2) is 19.6 Å². The maximum atomic E-state index is 13.8. The lowest BCUT2D eigenvalue weighted by molar-refractivity contribution is -0.136. The number of methoxy groups -OCH3 is 2. The minimum Gasteiger partial charge on any atom is -0.453 e. The summed E-state index contributed by atoms with van der Waals surface area (Å²) in [5.74, 6) is 0.956. The van der Waals surface area contributed by atoms with Crippen molar-refractivity contribution in [3.05, 3.63) is 77.6 Å². The normalized spacial score (nSPS) is 21.5. The molecule has 3 aromatic heterocycles. The predicted octanol–water partition coefficient (Wildman–Crippen LogP) is 7.59. The first-order valence-electron chi connectivity index (χ1n) is 22.6. The highest BCUT2D eigenvalue weighted by Crippen LogP contribution is 2.57.